The van der Waals surface area contributed by atoms with Gasteiger partial charge in [-0.15, -0.1) is 0 Å². The summed E-state index contributed by atoms with van der Waals surface area (Å²) >= 11 is 0. The lowest BCUT2D eigenvalue weighted by Crippen LogP contribution is -2.38. The number of hydrogen-bond acceptors (Lipinski definition) is 4. The highest BCUT2D eigenvalue weighted by molar-refractivity contribution is 6.11. The van der Waals surface area contributed by atoms with E-state index < -0.39 is 0 Å². The average Bonchev–Trinajstić information content (AvgIpc) is 3.08. The summed E-state index contributed by atoms with van der Waals surface area (Å²) in [6, 6.07) is 20.8. The van der Waals surface area contributed by atoms with Gasteiger partial charge in [-0.2, -0.15) is 0 Å². The Morgan fingerprint density at radius 2 is 0.864 bits per heavy atom. The van der Waals surface area contributed by atoms with Gasteiger partial charge in [0.2, 0.25) is 0 Å². The Balaban J connectivity index is 1.24. The number of carbonyl (C=O) groups excluding carboxylic acids is 4. The van der Waals surface area contributed by atoms with E-state index in [-0.39, 0.29) is 35.7 Å². The summed E-state index contributed by atoms with van der Waals surface area (Å²) in [7, 11) is 3.67. The molecule has 0 aromatic heterocycles. The maximum Gasteiger partial charge on any atom is 0.255 e. The van der Waals surface area contributed by atoms with Gasteiger partial charge in [0, 0.05) is 37.3 Å². The van der Waals surface area contributed by atoms with Gasteiger partial charge in [0.25, 0.3) is 23.6 Å². The second-order valence-corrected chi connectivity index (χ2v) is 12.0. The molecule has 5 rings (SSSR count). The molecular weight excluding hydrogens is 552 g/mol. The van der Waals surface area contributed by atoms with Gasteiger partial charge in [-0.1, -0.05) is 62.8 Å². The van der Waals surface area contributed by atoms with E-state index in [4.69, 9.17) is 0 Å². The van der Waals surface area contributed by atoms with Crippen LogP contribution in [0.3, 0.4) is 0 Å². The zero-order valence-corrected chi connectivity index (χ0v) is 25.7. The molecule has 0 radical (unpaired) electrons. The lowest BCUT2D eigenvalue weighted by Gasteiger charge is -2.31. The predicted octanol–water partition coefficient (Wildman–Crippen LogP) is 7.00. The third-order valence-corrected chi connectivity index (χ3v) is 9.11. The molecule has 8 heteroatoms. The Morgan fingerprint density at radius 3 is 1.23 bits per heavy atom. The maximum atomic E-state index is 13.3. The van der Waals surface area contributed by atoms with Crippen LogP contribution in [-0.2, 0) is 0 Å². The minimum atomic E-state index is -0.376. The molecule has 4 amide bonds. The number of nitrogens with one attached hydrogen (secondary N) is 2. The van der Waals surface area contributed by atoms with Crippen LogP contribution in [0.15, 0.2) is 72.8 Å². The van der Waals surface area contributed by atoms with Crippen LogP contribution < -0.4 is 10.6 Å². The number of benzene rings is 3. The Kier molecular flexibility index (Phi) is 10.1. The molecule has 3 aromatic carbocycles. The van der Waals surface area contributed by atoms with Crippen LogP contribution in [0, 0.1) is 0 Å². The monoisotopic (exact) mass is 594 g/mol. The number of carbonyl (C=O) groups is 4. The Hall–Kier alpha value is -4.46. The molecule has 0 bridgehead atoms. The van der Waals surface area contributed by atoms with Crippen LogP contribution in [-0.4, -0.2) is 59.6 Å². The van der Waals surface area contributed by atoms with Crippen molar-refractivity contribution in [3.63, 3.8) is 0 Å². The van der Waals surface area contributed by atoms with E-state index in [1.54, 1.807) is 82.6 Å². The number of para-hydroxylation sites is 2. The quantitative estimate of drug-likeness (QED) is 0.293. The van der Waals surface area contributed by atoms with Crippen molar-refractivity contribution in [2.45, 2.75) is 76.3 Å². The number of rotatable bonds is 8. The summed E-state index contributed by atoms with van der Waals surface area (Å²) in [6.45, 7) is 0. The summed E-state index contributed by atoms with van der Waals surface area (Å²) in [6.07, 6.45) is 10.9. The normalized spacial score (nSPS) is 15.7. The van der Waals surface area contributed by atoms with E-state index in [1.165, 1.54) is 12.8 Å². The summed E-state index contributed by atoms with van der Waals surface area (Å²) < 4.78 is 0. The second-order valence-electron chi connectivity index (χ2n) is 12.0. The second kappa shape index (κ2) is 14.3. The van der Waals surface area contributed by atoms with Crippen LogP contribution in [0.1, 0.15) is 106 Å². The molecule has 0 aliphatic heterocycles. The molecule has 3 aromatic rings. The van der Waals surface area contributed by atoms with Crippen molar-refractivity contribution in [3.8, 4) is 0 Å². The molecule has 0 saturated heterocycles. The number of anilines is 2. The van der Waals surface area contributed by atoms with Crippen LogP contribution >= 0.6 is 0 Å². The minimum Gasteiger partial charge on any atom is -0.339 e. The molecule has 230 valence electrons. The number of hydrogen-bond donors (Lipinski definition) is 2. The molecule has 2 N–H and O–H groups in total. The highest BCUT2D eigenvalue weighted by atomic mass is 16.2. The first-order valence-electron chi connectivity index (χ1n) is 15.8. The maximum absolute atomic E-state index is 13.3. The van der Waals surface area contributed by atoms with Gasteiger partial charge in [0.1, 0.15) is 0 Å². The summed E-state index contributed by atoms with van der Waals surface area (Å²) in [5.41, 5.74) is 2.51. The van der Waals surface area contributed by atoms with E-state index in [0.29, 0.717) is 33.6 Å². The van der Waals surface area contributed by atoms with Gasteiger partial charge in [0.15, 0.2) is 0 Å². The molecule has 0 unspecified atom stereocenters. The van der Waals surface area contributed by atoms with Crippen molar-refractivity contribution in [2.75, 3.05) is 24.7 Å². The van der Waals surface area contributed by atoms with E-state index in [9.17, 15) is 19.2 Å². The first-order chi connectivity index (χ1) is 21.3. The van der Waals surface area contributed by atoms with Gasteiger partial charge in [0.05, 0.1) is 22.5 Å². The number of nitrogens with zero attached hydrogens (tertiary/aromatic N) is 2. The highest BCUT2D eigenvalue weighted by Gasteiger charge is 2.26. The summed E-state index contributed by atoms with van der Waals surface area (Å²) in [5, 5.41) is 5.76. The third kappa shape index (κ3) is 7.18. The molecule has 44 heavy (non-hydrogen) atoms. The van der Waals surface area contributed by atoms with Crippen LogP contribution in [0.4, 0.5) is 11.4 Å². The summed E-state index contributed by atoms with van der Waals surface area (Å²) in [4.78, 5) is 56.6. The molecular formula is C36H42N4O4. The fraction of sp³-hybridized carbons (Fsp3) is 0.389. The molecule has 2 saturated carbocycles. The smallest absolute Gasteiger partial charge is 0.255 e. The van der Waals surface area contributed by atoms with E-state index in [1.807, 2.05) is 14.1 Å². The standard InChI is InChI=1S/C36H42N4O4/c1-39(27-13-5-3-6-14-27)35(43)29-17-9-11-19-31(29)37-33(41)25-21-23-26(24-22-25)34(42)38-32-20-12-10-18-30(32)36(44)40(2)28-15-7-4-8-16-28/h9-12,17-24,27-28H,3-8,13-16H2,1-2H3,(H,37,41)(H,38,42). The lowest BCUT2D eigenvalue weighted by atomic mass is 9.94. The van der Waals surface area contributed by atoms with Gasteiger partial charge in [-0.3, -0.25) is 19.2 Å². The van der Waals surface area contributed by atoms with Crippen molar-refractivity contribution in [3.05, 3.63) is 95.1 Å². The molecule has 2 aliphatic carbocycles. The molecule has 0 spiro atoms. The predicted molar refractivity (Wildman–Crippen MR) is 173 cm³/mol. The molecule has 2 fully saturated rings. The molecule has 0 atom stereocenters. The largest absolute Gasteiger partial charge is 0.339 e. The van der Waals surface area contributed by atoms with Gasteiger partial charge in [-0.25, -0.2) is 0 Å². The Bertz CT molecular complexity index is 1380. The number of amides is 4. The minimum absolute atomic E-state index is 0.108. The molecule has 2 aliphatic rings. The first kappa shape index (κ1) is 31.0. The van der Waals surface area contributed by atoms with E-state index in [2.05, 4.69) is 10.6 Å². The molecule has 0 heterocycles. The first-order valence-corrected chi connectivity index (χ1v) is 15.8. The summed E-state index contributed by atoms with van der Waals surface area (Å²) in [5.74, 6) is -0.967. The zero-order valence-electron chi connectivity index (χ0n) is 25.7. The topological polar surface area (TPSA) is 98.8 Å². The van der Waals surface area contributed by atoms with E-state index in [0.717, 1.165) is 51.4 Å². The van der Waals surface area contributed by atoms with Crippen molar-refractivity contribution >= 4 is 35.0 Å². The Morgan fingerprint density at radius 1 is 0.523 bits per heavy atom. The van der Waals surface area contributed by atoms with Gasteiger partial charge < -0.3 is 20.4 Å². The van der Waals surface area contributed by atoms with Gasteiger partial charge in [-0.05, 0) is 74.2 Å². The average molecular weight is 595 g/mol. The fourth-order valence-electron chi connectivity index (χ4n) is 6.37. The van der Waals surface area contributed by atoms with Crippen molar-refractivity contribution in [1.29, 1.82) is 0 Å². The third-order valence-electron chi connectivity index (χ3n) is 9.11. The van der Waals surface area contributed by atoms with Crippen LogP contribution in [0.2, 0.25) is 0 Å². The van der Waals surface area contributed by atoms with E-state index >= 15 is 0 Å². The fourth-order valence-corrected chi connectivity index (χ4v) is 6.37. The van der Waals surface area contributed by atoms with Crippen molar-refractivity contribution in [2.24, 2.45) is 0 Å². The zero-order chi connectivity index (χ0) is 31.1. The SMILES string of the molecule is CN(C(=O)c1ccccc1NC(=O)c1ccc(C(=O)Nc2ccccc2C(=O)N(C)C2CCCCC2)cc1)C1CCCCC1. The van der Waals surface area contributed by atoms with Crippen LogP contribution in [0.25, 0.3) is 0 Å². The Labute approximate surface area is 259 Å². The van der Waals surface area contributed by atoms with Gasteiger partial charge >= 0.3 is 0 Å². The molecule has 8 nitrogen and oxygen atoms in total. The van der Waals surface area contributed by atoms with Crippen molar-refractivity contribution < 1.29 is 19.2 Å². The highest BCUT2D eigenvalue weighted by Crippen LogP contribution is 2.27. The van der Waals surface area contributed by atoms with Crippen molar-refractivity contribution in [1.82, 2.24) is 9.80 Å². The lowest BCUT2D eigenvalue weighted by molar-refractivity contribution is 0.0689. The van der Waals surface area contributed by atoms with Crippen LogP contribution in [0.5, 0.6) is 0 Å².